The van der Waals surface area contributed by atoms with Gasteiger partial charge in [-0.1, -0.05) is 18.6 Å². The summed E-state index contributed by atoms with van der Waals surface area (Å²) in [5, 5.41) is 7.58. The van der Waals surface area contributed by atoms with Gasteiger partial charge in [0, 0.05) is 36.3 Å². The topological polar surface area (TPSA) is 99.3 Å². The first-order valence-electron chi connectivity index (χ1n) is 12.8. The number of likely N-dealkylation sites (tertiary alicyclic amines) is 1. The Morgan fingerprint density at radius 2 is 1.82 bits per heavy atom. The summed E-state index contributed by atoms with van der Waals surface area (Å²) in [4.78, 5) is 24.5. The molecule has 0 radical (unpaired) electrons. The van der Waals surface area contributed by atoms with E-state index in [2.05, 4.69) is 36.1 Å². The van der Waals surface area contributed by atoms with Gasteiger partial charge in [0.2, 0.25) is 0 Å². The molecular weight excluding hydrogens is 479 g/mol. The zero-order chi connectivity index (χ0) is 25.5. The first kappa shape index (κ1) is 22.7. The van der Waals surface area contributed by atoms with Crippen LogP contribution in [-0.2, 0) is 6.54 Å². The average molecular weight is 505 g/mol. The van der Waals surface area contributed by atoms with Crippen LogP contribution < -0.4 is 0 Å². The molecule has 1 aromatic carbocycles. The predicted octanol–water partition coefficient (Wildman–Crippen LogP) is 5.75. The summed E-state index contributed by atoms with van der Waals surface area (Å²) >= 11 is 0. The fraction of sp³-hybridized carbons (Fsp3) is 0.207. The number of hydrogen-bond donors (Lipinski definition) is 2. The number of nitrogens with one attached hydrogen (secondary N) is 2. The molecule has 0 unspecified atom stereocenters. The van der Waals surface area contributed by atoms with Crippen molar-refractivity contribution < 1.29 is 4.39 Å². The van der Waals surface area contributed by atoms with Crippen molar-refractivity contribution >= 4 is 22.2 Å². The molecule has 1 aliphatic heterocycles. The van der Waals surface area contributed by atoms with Crippen molar-refractivity contribution in [3.8, 4) is 33.9 Å². The van der Waals surface area contributed by atoms with E-state index in [0.717, 1.165) is 47.5 Å². The van der Waals surface area contributed by atoms with Crippen molar-refractivity contribution in [2.75, 3.05) is 13.1 Å². The van der Waals surface area contributed by atoms with Crippen LogP contribution in [0.25, 0.3) is 56.1 Å². The second-order valence-electron chi connectivity index (χ2n) is 9.74. The van der Waals surface area contributed by atoms with Gasteiger partial charge >= 0.3 is 0 Å². The van der Waals surface area contributed by atoms with E-state index in [9.17, 15) is 4.39 Å². The summed E-state index contributed by atoms with van der Waals surface area (Å²) < 4.78 is 13.9. The molecule has 7 rings (SSSR count). The second kappa shape index (κ2) is 9.42. The Balaban J connectivity index is 1.26. The normalized spacial score (nSPS) is 14.4. The quantitative estimate of drug-likeness (QED) is 0.310. The van der Waals surface area contributed by atoms with Crippen LogP contribution in [0.15, 0.2) is 67.1 Å². The third kappa shape index (κ3) is 4.20. The maximum Gasteiger partial charge on any atom is 0.162 e. The van der Waals surface area contributed by atoms with E-state index in [1.807, 2.05) is 36.7 Å². The Labute approximate surface area is 218 Å². The highest BCUT2D eigenvalue weighted by atomic mass is 19.1. The molecule has 0 spiro atoms. The standard InChI is InChI=1S/C29H25FN8/c30-21-6-4-5-19(14-21)22-9-10-32-28-25(22)34-29(35-28)27-26-24(36-37-27)8-7-23(33-26)20-13-18(15-31-16-20)17-38-11-2-1-3-12-38/h4-10,13-16H,1-3,11-12,17H2,(H,36,37)(H,32,34,35). The van der Waals surface area contributed by atoms with Crippen molar-refractivity contribution in [2.24, 2.45) is 0 Å². The molecule has 6 aromatic rings. The predicted molar refractivity (Wildman–Crippen MR) is 145 cm³/mol. The zero-order valence-corrected chi connectivity index (χ0v) is 20.7. The average Bonchev–Trinajstić information content (AvgIpc) is 3.57. The Morgan fingerprint density at radius 3 is 2.71 bits per heavy atom. The van der Waals surface area contributed by atoms with Gasteiger partial charge in [-0.3, -0.25) is 15.0 Å². The molecule has 0 bridgehead atoms. The number of aromatic amines is 2. The lowest BCUT2D eigenvalue weighted by atomic mass is 10.1. The highest BCUT2D eigenvalue weighted by molar-refractivity contribution is 5.94. The highest BCUT2D eigenvalue weighted by Gasteiger charge is 2.18. The summed E-state index contributed by atoms with van der Waals surface area (Å²) in [5.41, 5.74) is 7.86. The lowest BCUT2D eigenvalue weighted by molar-refractivity contribution is 0.220. The van der Waals surface area contributed by atoms with E-state index in [4.69, 9.17) is 9.97 Å². The number of aromatic nitrogens is 7. The van der Waals surface area contributed by atoms with Gasteiger partial charge in [0.05, 0.1) is 11.2 Å². The first-order chi connectivity index (χ1) is 18.7. The van der Waals surface area contributed by atoms with Crippen molar-refractivity contribution in [2.45, 2.75) is 25.8 Å². The van der Waals surface area contributed by atoms with Gasteiger partial charge < -0.3 is 4.98 Å². The summed E-state index contributed by atoms with van der Waals surface area (Å²) in [6.45, 7) is 3.18. The van der Waals surface area contributed by atoms with Gasteiger partial charge in [-0.05, 0) is 73.5 Å². The molecule has 2 N–H and O–H groups in total. The van der Waals surface area contributed by atoms with Crippen LogP contribution in [0.2, 0.25) is 0 Å². The molecular formula is C29H25FN8. The fourth-order valence-corrected chi connectivity index (χ4v) is 5.23. The van der Waals surface area contributed by atoms with Crippen LogP contribution in [0.4, 0.5) is 4.39 Å². The van der Waals surface area contributed by atoms with Gasteiger partial charge in [-0.2, -0.15) is 5.10 Å². The number of hydrogen-bond acceptors (Lipinski definition) is 6. The largest absolute Gasteiger partial charge is 0.321 e. The van der Waals surface area contributed by atoms with Crippen molar-refractivity contribution in [3.63, 3.8) is 0 Å². The minimum atomic E-state index is -0.298. The van der Waals surface area contributed by atoms with Gasteiger partial charge in [0.15, 0.2) is 17.2 Å². The number of rotatable bonds is 5. The maximum absolute atomic E-state index is 13.9. The van der Waals surface area contributed by atoms with E-state index < -0.39 is 0 Å². The first-order valence-corrected chi connectivity index (χ1v) is 12.8. The lowest BCUT2D eigenvalue weighted by Crippen LogP contribution is -2.29. The van der Waals surface area contributed by atoms with Gasteiger partial charge in [0.1, 0.15) is 16.9 Å². The molecule has 0 amide bonds. The molecule has 0 aliphatic carbocycles. The van der Waals surface area contributed by atoms with Crippen molar-refractivity contribution in [1.29, 1.82) is 0 Å². The number of pyridine rings is 3. The molecule has 188 valence electrons. The number of nitrogens with zero attached hydrogens (tertiary/aromatic N) is 6. The van der Waals surface area contributed by atoms with E-state index in [1.54, 1.807) is 12.3 Å². The molecule has 9 heteroatoms. The number of fused-ring (bicyclic) bond motifs is 2. The maximum atomic E-state index is 13.9. The van der Waals surface area contributed by atoms with Crippen molar-refractivity contribution in [3.05, 3.63) is 78.5 Å². The molecule has 38 heavy (non-hydrogen) atoms. The summed E-state index contributed by atoms with van der Waals surface area (Å²) in [5.74, 6) is 0.247. The van der Waals surface area contributed by atoms with Gasteiger partial charge in [-0.25, -0.2) is 19.3 Å². The Kier molecular flexibility index (Phi) is 5.62. The number of piperidine rings is 1. The molecule has 8 nitrogen and oxygen atoms in total. The monoisotopic (exact) mass is 504 g/mol. The molecule has 1 saturated heterocycles. The van der Waals surface area contributed by atoms with Crippen molar-refractivity contribution in [1.82, 2.24) is 40.0 Å². The second-order valence-corrected chi connectivity index (χ2v) is 9.74. The lowest BCUT2D eigenvalue weighted by Gasteiger charge is -2.26. The molecule has 1 aliphatic rings. The minimum Gasteiger partial charge on any atom is -0.321 e. The molecule has 0 atom stereocenters. The Hall–Kier alpha value is -4.50. The highest BCUT2D eigenvalue weighted by Crippen LogP contribution is 2.31. The van der Waals surface area contributed by atoms with E-state index >= 15 is 0 Å². The van der Waals surface area contributed by atoms with Gasteiger partial charge in [-0.15, -0.1) is 0 Å². The number of imidazole rings is 1. The Bertz CT molecular complexity index is 1770. The smallest absolute Gasteiger partial charge is 0.162 e. The molecule has 1 fully saturated rings. The minimum absolute atomic E-state index is 0.298. The van der Waals surface area contributed by atoms with Crippen LogP contribution in [-0.4, -0.2) is 53.1 Å². The van der Waals surface area contributed by atoms with E-state index in [0.29, 0.717) is 28.2 Å². The SMILES string of the molecule is Fc1cccc(-c2ccnc3[nH]c(-c4n[nH]c5ccc(-c6cncc(CN7CCCCC7)c6)nc45)nc23)c1. The number of benzene rings is 1. The summed E-state index contributed by atoms with van der Waals surface area (Å²) in [6.07, 6.45) is 9.32. The molecule has 0 saturated carbocycles. The number of halogens is 1. The van der Waals surface area contributed by atoms with Crippen LogP contribution in [0, 0.1) is 5.82 Å². The third-order valence-electron chi connectivity index (χ3n) is 7.10. The fourth-order valence-electron chi connectivity index (χ4n) is 5.23. The third-order valence-corrected chi connectivity index (χ3v) is 7.10. The number of H-pyrrole nitrogens is 2. The summed E-state index contributed by atoms with van der Waals surface area (Å²) in [6, 6.07) is 14.4. The van der Waals surface area contributed by atoms with Crippen LogP contribution in [0.1, 0.15) is 24.8 Å². The van der Waals surface area contributed by atoms with Gasteiger partial charge in [0.25, 0.3) is 0 Å². The zero-order valence-electron chi connectivity index (χ0n) is 20.7. The van der Waals surface area contributed by atoms with Crippen LogP contribution in [0.5, 0.6) is 0 Å². The van der Waals surface area contributed by atoms with E-state index in [1.165, 1.54) is 37.0 Å². The van der Waals surface area contributed by atoms with E-state index in [-0.39, 0.29) is 5.82 Å². The van der Waals surface area contributed by atoms with Crippen LogP contribution >= 0.6 is 0 Å². The molecule has 5 aromatic heterocycles. The molecule has 6 heterocycles. The Morgan fingerprint density at radius 1 is 0.895 bits per heavy atom. The summed E-state index contributed by atoms with van der Waals surface area (Å²) in [7, 11) is 0. The van der Waals surface area contributed by atoms with Crippen LogP contribution in [0.3, 0.4) is 0 Å².